The minimum absolute atomic E-state index is 0.139. The lowest BCUT2D eigenvalue weighted by molar-refractivity contribution is 0.102. The van der Waals surface area contributed by atoms with Gasteiger partial charge in [-0.15, -0.1) is 0 Å². The number of benzene rings is 3. The van der Waals surface area contributed by atoms with E-state index in [2.05, 4.69) is 10.0 Å². The molecule has 2 N–H and O–H groups in total. The Bertz CT molecular complexity index is 1200. The molecule has 8 heteroatoms. The van der Waals surface area contributed by atoms with Crippen molar-refractivity contribution in [3.05, 3.63) is 88.2 Å². The number of sulfonamides is 1. The molecule has 0 bridgehead atoms. The van der Waals surface area contributed by atoms with Crippen LogP contribution in [-0.2, 0) is 10.0 Å². The highest BCUT2D eigenvalue weighted by Gasteiger charge is 2.18. The Hall–Kier alpha value is -2.90. The summed E-state index contributed by atoms with van der Waals surface area (Å²) in [5.41, 5.74) is 2.45. The SMILES string of the molecule is Cc1ccc(NS(=O)(=O)c2ccc(NC(=O)c3cccc(Cl)c3)c(F)c2)cc1C. The first-order valence-corrected chi connectivity index (χ1v) is 10.5. The largest absolute Gasteiger partial charge is 0.319 e. The summed E-state index contributed by atoms with van der Waals surface area (Å²) in [4.78, 5) is 12.0. The van der Waals surface area contributed by atoms with Gasteiger partial charge in [-0.2, -0.15) is 0 Å². The molecule has 0 saturated heterocycles. The molecule has 0 aromatic heterocycles. The van der Waals surface area contributed by atoms with E-state index in [4.69, 9.17) is 11.6 Å². The van der Waals surface area contributed by atoms with Crippen molar-refractivity contribution >= 4 is 38.9 Å². The molecule has 3 rings (SSSR count). The Balaban J connectivity index is 1.80. The van der Waals surface area contributed by atoms with E-state index in [0.29, 0.717) is 10.7 Å². The molecule has 3 aromatic rings. The molecule has 0 fully saturated rings. The fourth-order valence-corrected chi connectivity index (χ4v) is 3.86. The van der Waals surface area contributed by atoms with Crippen LogP contribution >= 0.6 is 11.6 Å². The smallest absolute Gasteiger partial charge is 0.261 e. The first-order valence-electron chi connectivity index (χ1n) is 8.62. The van der Waals surface area contributed by atoms with Gasteiger partial charge in [-0.05, 0) is 73.5 Å². The molecule has 150 valence electrons. The van der Waals surface area contributed by atoms with Gasteiger partial charge in [0.25, 0.3) is 15.9 Å². The first kappa shape index (κ1) is 20.8. The molecule has 1 amide bonds. The highest BCUT2D eigenvalue weighted by atomic mass is 35.5. The lowest BCUT2D eigenvalue weighted by atomic mass is 10.1. The molecule has 0 spiro atoms. The molecular weight excluding hydrogens is 415 g/mol. The molecule has 0 radical (unpaired) electrons. The number of nitrogens with one attached hydrogen (secondary N) is 2. The topological polar surface area (TPSA) is 75.3 Å². The molecule has 0 atom stereocenters. The van der Waals surface area contributed by atoms with Crippen LogP contribution in [0.5, 0.6) is 0 Å². The van der Waals surface area contributed by atoms with E-state index in [0.717, 1.165) is 17.2 Å². The molecule has 3 aromatic carbocycles. The lowest BCUT2D eigenvalue weighted by Gasteiger charge is -2.12. The second-order valence-corrected chi connectivity index (χ2v) is 8.63. The van der Waals surface area contributed by atoms with Gasteiger partial charge < -0.3 is 5.32 Å². The zero-order valence-corrected chi connectivity index (χ0v) is 17.2. The second kappa shape index (κ2) is 8.23. The fraction of sp³-hybridized carbons (Fsp3) is 0.0952. The molecule has 29 heavy (non-hydrogen) atoms. The van der Waals surface area contributed by atoms with Crippen molar-refractivity contribution in [1.29, 1.82) is 0 Å². The Morgan fingerprint density at radius 2 is 1.72 bits per heavy atom. The number of rotatable bonds is 5. The number of hydrogen-bond donors (Lipinski definition) is 2. The van der Waals surface area contributed by atoms with Gasteiger partial charge >= 0.3 is 0 Å². The number of amides is 1. The summed E-state index contributed by atoms with van der Waals surface area (Å²) in [6.45, 7) is 3.78. The molecule has 0 aliphatic rings. The maximum absolute atomic E-state index is 14.5. The third kappa shape index (κ3) is 4.93. The van der Waals surface area contributed by atoms with Crippen molar-refractivity contribution in [3.8, 4) is 0 Å². The van der Waals surface area contributed by atoms with Crippen LogP contribution in [0.3, 0.4) is 0 Å². The van der Waals surface area contributed by atoms with E-state index >= 15 is 0 Å². The van der Waals surface area contributed by atoms with Crippen molar-refractivity contribution in [2.45, 2.75) is 18.7 Å². The number of carbonyl (C=O) groups excluding carboxylic acids is 1. The average Bonchev–Trinajstić information content (AvgIpc) is 2.66. The van der Waals surface area contributed by atoms with Crippen LogP contribution in [0, 0.1) is 19.7 Å². The normalized spacial score (nSPS) is 11.2. The molecule has 0 unspecified atom stereocenters. The van der Waals surface area contributed by atoms with E-state index < -0.39 is 21.7 Å². The quantitative estimate of drug-likeness (QED) is 0.585. The third-order valence-corrected chi connectivity index (χ3v) is 5.96. The minimum Gasteiger partial charge on any atom is -0.319 e. The summed E-state index contributed by atoms with van der Waals surface area (Å²) in [7, 11) is -3.99. The van der Waals surface area contributed by atoms with Crippen LogP contribution in [0.25, 0.3) is 0 Å². The molecule has 0 aliphatic heterocycles. The van der Waals surface area contributed by atoms with Crippen LogP contribution in [-0.4, -0.2) is 14.3 Å². The van der Waals surface area contributed by atoms with Crippen LogP contribution in [0.15, 0.2) is 65.6 Å². The maximum Gasteiger partial charge on any atom is 0.261 e. The van der Waals surface area contributed by atoms with E-state index in [9.17, 15) is 17.6 Å². The average molecular weight is 433 g/mol. The Labute approximate surface area is 173 Å². The van der Waals surface area contributed by atoms with Crippen molar-refractivity contribution in [2.24, 2.45) is 0 Å². The monoisotopic (exact) mass is 432 g/mol. The minimum atomic E-state index is -3.99. The predicted molar refractivity (Wildman–Crippen MR) is 113 cm³/mol. The Kier molecular flexibility index (Phi) is 5.91. The standard InChI is InChI=1S/C21H18ClFN2O3S/c1-13-6-7-17(10-14(13)2)25-29(27,28)18-8-9-20(19(23)12-18)24-21(26)15-4-3-5-16(22)11-15/h3-12,25H,1-2H3,(H,24,26). The predicted octanol–water partition coefficient (Wildman–Crippen LogP) is 5.15. The molecule has 0 saturated carbocycles. The van der Waals surface area contributed by atoms with Crippen LogP contribution in [0.4, 0.5) is 15.8 Å². The molecule has 5 nitrogen and oxygen atoms in total. The van der Waals surface area contributed by atoms with Crippen LogP contribution in [0.2, 0.25) is 5.02 Å². The van der Waals surface area contributed by atoms with Gasteiger partial charge in [-0.25, -0.2) is 12.8 Å². The maximum atomic E-state index is 14.5. The second-order valence-electron chi connectivity index (χ2n) is 6.51. The fourth-order valence-electron chi connectivity index (χ4n) is 2.61. The molecule has 0 heterocycles. The van der Waals surface area contributed by atoms with Gasteiger partial charge in [0.15, 0.2) is 0 Å². The van der Waals surface area contributed by atoms with E-state index in [1.54, 1.807) is 30.3 Å². The summed E-state index contributed by atoms with van der Waals surface area (Å²) in [6.07, 6.45) is 0. The van der Waals surface area contributed by atoms with Gasteiger partial charge in [0, 0.05) is 16.3 Å². The Morgan fingerprint density at radius 3 is 2.38 bits per heavy atom. The van der Waals surface area contributed by atoms with Gasteiger partial charge in [0.05, 0.1) is 10.6 Å². The first-order chi connectivity index (χ1) is 13.7. The van der Waals surface area contributed by atoms with Crippen molar-refractivity contribution in [2.75, 3.05) is 10.0 Å². The summed E-state index contributed by atoms with van der Waals surface area (Å²) in [5.74, 6) is -1.43. The summed E-state index contributed by atoms with van der Waals surface area (Å²) in [6, 6.07) is 14.6. The highest BCUT2D eigenvalue weighted by Crippen LogP contribution is 2.23. The van der Waals surface area contributed by atoms with Crippen molar-refractivity contribution in [3.63, 3.8) is 0 Å². The van der Waals surface area contributed by atoms with E-state index in [1.165, 1.54) is 24.3 Å². The van der Waals surface area contributed by atoms with E-state index in [-0.39, 0.29) is 16.1 Å². The number of anilines is 2. The highest BCUT2D eigenvalue weighted by molar-refractivity contribution is 7.92. The van der Waals surface area contributed by atoms with Gasteiger partial charge in [-0.1, -0.05) is 23.7 Å². The van der Waals surface area contributed by atoms with Gasteiger partial charge in [0.2, 0.25) is 0 Å². The number of aryl methyl sites for hydroxylation is 2. The zero-order chi connectivity index (χ0) is 21.2. The van der Waals surface area contributed by atoms with Gasteiger partial charge in [-0.3, -0.25) is 9.52 Å². The van der Waals surface area contributed by atoms with E-state index in [1.807, 2.05) is 13.8 Å². The summed E-state index contributed by atoms with van der Waals surface area (Å²) in [5, 5.41) is 2.78. The van der Waals surface area contributed by atoms with Crippen molar-refractivity contribution < 1.29 is 17.6 Å². The number of hydrogen-bond acceptors (Lipinski definition) is 3. The lowest BCUT2D eigenvalue weighted by Crippen LogP contribution is -2.15. The molecular formula is C21H18ClFN2O3S. The Morgan fingerprint density at radius 1 is 0.966 bits per heavy atom. The van der Waals surface area contributed by atoms with Crippen LogP contribution in [0.1, 0.15) is 21.5 Å². The number of carbonyl (C=O) groups is 1. The zero-order valence-electron chi connectivity index (χ0n) is 15.7. The van der Waals surface area contributed by atoms with Crippen LogP contribution < -0.4 is 10.0 Å². The van der Waals surface area contributed by atoms with Gasteiger partial charge in [0.1, 0.15) is 5.82 Å². The third-order valence-electron chi connectivity index (χ3n) is 4.34. The summed E-state index contributed by atoms with van der Waals surface area (Å²) < 4.78 is 42.0. The summed E-state index contributed by atoms with van der Waals surface area (Å²) >= 11 is 5.85. The number of halogens is 2. The van der Waals surface area contributed by atoms with Crippen molar-refractivity contribution in [1.82, 2.24) is 0 Å². The molecule has 0 aliphatic carbocycles.